The van der Waals surface area contributed by atoms with Gasteiger partial charge in [0.1, 0.15) is 13.2 Å². The molecule has 76 valence electrons. The van der Waals surface area contributed by atoms with Crippen LogP contribution in [0.2, 0.25) is 0 Å². The molecule has 1 saturated heterocycles. The van der Waals surface area contributed by atoms with Crippen LogP contribution in [-0.4, -0.2) is 36.7 Å². The Morgan fingerprint density at radius 2 is 2.50 bits per heavy atom. The minimum atomic E-state index is -0.510. The van der Waals surface area contributed by atoms with Gasteiger partial charge in [-0.3, -0.25) is 4.90 Å². The van der Waals surface area contributed by atoms with Crippen molar-refractivity contribution in [1.29, 1.82) is 0 Å². The SMILES string of the molecule is C=CCOC(=O)/C=C/N1CCOC1=O. The van der Waals surface area contributed by atoms with Gasteiger partial charge >= 0.3 is 12.1 Å². The number of amides is 1. The summed E-state index contributed by atoms with van der Waals surface area (Å²) in [6, 6.07) is 0. The maximum absolute atomic E-state index is 10.9. The highest BCUT2D eigenvalue weighted by Crippen LogP contribution is 2.03. The van der Waals surface area contributed by atoms with Crippen molar-refractivity contribution in [2.24, 2.45) is 0 Å². The van der Waals surface area contributed by atoms with E-state index in [1.165, 1.54) is 23.3 Å². The number of hydrogen-bond acceptors (Lipinski definition) is 4. The molecule has 0 spiro atoms. The van der Waals surface area contributed by atoms with Gasteiger partial charge in [0, 0.05) is 12.3 Å². The van der Waals surface area contributed by atoms with E-state index in [2.05, 4.69) is 16.1 Å². The van der Waals surface area contributed by atoms with Crippen molar-refractivity contribution in [3.63, 3.8) is 0 Å². The Bertz CT molecular complexity index is 272. The van der Waals surface area contributed by atoms with Gasteiger partial charge in [-0.1, -0.05) is 12.7 Å². The number of hydrogen-bond donors (Lipinski definition) is 0. The molecule has 1 aliphatic rings. The highest BCUT2D eigenvalue weighted by Gasteiger charge is 2.19. The lowest BCUT2D eigenvalue weighted by Gasteiger charge is -2.04. The number of carbonyl (C=O) groups excluding carboxylic acids is 2. The second-order valence-corrected chi connectivity index (χ2v) is 2.54. The van der Waals surface area contributed by atoms with Gasteiger partial charge in [-0.15, -0.1) is 0 Å². The molecule has 1 amide bonds. The number of rotatable bonds is 4. The summed E-state index contributed by atoms with van der Waals surface area (Å²) in [5.41, 5.74) is 0. The van der Waals surface area contributed by atoms with E-state index in [0.717, 1.165) is 0 Å². The molecule has 1 heterocycles. The van der Waals surface area contributed by atoms with Crippen LogP contribution in [0.5, 0.6) is 0 Å². The minimum Gasteiger partial charge on any atom is -0.458 e. The van der Waals surface area contributed by atoms with E-state index in [4.69, 9.17) is 0 Å². The van der Waals surface area contributed by atoms with Crippen molar-refractivity contribution < 1.29 is 19.1 Å². The van der Waals surface area contributed by atoms with Gasteiger partial charge < -0.3 is 9.47 Å². The maximum Gasteiger partial charge on any atom is 0.413 e. The Labute approximate surface area is 81.6 Å². The largest absolute Gasteiger partial charge is 0.458 e. The zero-order valence-corrected chi connectivity index (χ0v) is 7.64. The number of cyclic esters (lactones) is 1. The lowest BCUT2D eigenvalue weighted by atomic mass is 10.5. The van der Waals surface area contributed by atoms with Crippen molar-refractivity contribution in [3.8, 4) is 0 Å². The van der Waals surface area contributed by atoms with Crippen molar-refractivity contribution in [3.05, 3.63) is 24.9 Å². The van der Waals surface area contributed by atoms with E-state index < -0.39 is 12.1 Å². The number of ether oxygens (including phenoxy) is 2. The van der Waals surface area contributed by atoms with Crippen molar-refractivity contribution in [2.45, 2.75) is 0 Å². The summed E-state index contributed by atoms with van der Waals surface area (Å²) in [5.74, 6) is -0.510. The van der Waals surface area contributed by atoms with Crippen molar-refractivity contribution >= 4 is 12.1 Å². The molecule has 1 rings (SSSR count). The van der Waals surface area contributed by atoms with E-state index in [1.807, 2.05) is 0 Å². The Morgan fingerprint density at radius 1 is 1.71 bits per heavy atom. The quantitative estimate of drug-likeness (QED) is 0.378. The van der Waals surface area contributed by atoms with E-state index in [1.54, 1.807) is 0 Å². The summed E-state index contributed by atoms with van der Waals surface area (Å²) in [6.07, 6.45) is 3.55. The molecule has 0 N–H and O–H groups in total. The Balaban J connectivity index is 2.34. The van der Waals surface area contributed by atoms with Crippen LogP contribution in [-0.2, 0) is 14.3 Å². The molecule has 0 bridgehead atoms. The summed E-state index contributed by atoms with van der Waals surface area (Å²) >= 11 is 0. The summed E-state index contributed by atoms with van der Waals surface area (Å²) in [6.45, 7) is 4.37. The fourth-order valence-corrected chi connectivity index (χ4v) is 0.881. The van der Waals surface area contributed by atoms with E-state index >= 15 is 0 Å². The van der Waals surface area contributed by atoms with Crippen LogP contribution in [0.15, 0.2) is 24.9 Å². The second kappa shape index (κ2) is 5.06. The van der Waals surface area contributed by atoms with Gasteiger partial charge in [0.05, 0.1) is 6.54 Å². The molecule has 14 heavy (non-hydrogen) atoms. The molecule has 1 aliphatic heterocycles. The normalized spacial score (nSPS) is 15.7. The molecule has 0 radical (unpaired) electrons. The smallest absolute Gasteiger partial charge is 0.413 e. The van der Waals surface area contributed by atoms with Gasteiger partial charge in [0.2, 0.25) is 0 Å². The summed E-state index contributed by atoms with van der Waals surface area (Å²) in [5, 5.41) is 0. The van der Waals surface area contributed by atoms with E-state index in [9.17, 15) is 9.59 Å². The lowest BCUT2D eigenvalue weighted by Crippen LogP contribution is -2.17. The third-order valence-corrected chi connectivity index (χ3v) is 1.53. The van der Waals surface area contributed by atoms with E-state index in [0.29, 0.717) is 13.2 Å². The van der Waals surface area contributed by atoms with Crippen LogP contribution in [0.1, 0.15) is 0 Å². The standard InChI is InChI=1S/C9H11NO4/c1-2-6-13-8(11)3-4-10-5-7-14-9(10)12/h2-4H,1,5-7H2/b4-3+. The fourth-order valence-electron chi connectivity index (χ4n) is 0.881. The third-order valence-electron chi connectivity index (χ3n) is 1.53. The first-order chi connectivity index (χ1) is 6.74. The number of carbonyl (C=O) groups is 2. The fraction of sp³-hybridized carbons (Fsp3) is 0.333. The van der Waals surface area contributed by atoms with Crippen LogP contribution in [0.25, 0.3) is 0 Å². The Kier molecular flexibility index (Phi) is 3.72. The first kappa shape index (κ1) is 10.3. The first-order valence-corrected chi connectivity index (χ1v) is 4.13. The van der Waals surface area contributed by atoms with Gasteiger partial charge in [-0.25, -0.2) is 9.59 Å². The van der Waals surface area contributed by atoms with E-state index in [-0.39, 0.29) is 6.61 Å². The lowest BCUT2D eigenvalue weighted by molar-refractivity contribution is -0.136. The zero-order valence-electron chi connectivity index (χ0n) is 7.64. The van der Waals surface area contributed by atoms with Crippen LogP contribution in [0.3, 0.4) is 0 Å². The van der Waals surface area contributed by atoms with Crippen LogP contribution in [0, 0.1) is 0 Å². The average Bonchev–Trinajstić information content (AvgIpc) is 2.58. The molecule has 0 aromatic heterocycles. The minimum absolute atomic E-state index is 0.160. The molecule has 0 aromatic carbocycles. The second-order valence-electron chi connectivity index (χ2n) is 2.54. The first-order valence-electron chi connectivity index (χ1n) is 4.13. The van der Waals surface area contributed by atoms with Gasteiger partial charge in [0.25, 0.3) is 0 Å². The summed E-state index contributed by atoms with van der Waals surface area (Å²) in [7, 11) is 0. The molecule has 5 nitrogen and oxygen atoms in total. The average molecular weight is 197 g/mol. The van der Waals surface area contributed by atoms with Crippen molar-refractivity contribution in [1.82, 2.24) is 4.90 Å². The van der Waals surface area contributed by atoms with Crippen molar-refractivity contribution in [2.75, 3.05) is 19.8 Å². The third kappa shape index (κ3) is 2.93. The topological polar surface area (TPSA) is 55.8 Å². The molecule has 0 unspecified atom stereocenters. The summed E-state index contributed by atoms with van der Waals surface area (Å²) < 4.78 is 9.31. The molecule has 0 aromatic rings. The van der Waals surface area contributed by atoms with Gasteiger partial charge in [-0.05, 0) is 0 Å². The molecule has 5 heteroatoms. The number of nitrogens with zero attached hydrogens (tertiary/aromatic N) is 1. The zero-order chi connectivity index (χ0) is 10.4. The van der Waals surface area contributed by atoms with Crippen LogP contribution >= 0.6 is 0 Å². The molecule has 1 fully saturated rings. The Hall–Kier alpha value is -1.78. The van der Waals surface area contributed by atoms with Crippen LogP contribution in [0.4, 0.5) is 4.79 Å². The maximum atomic E-state index is 10.9. The predicted molar refractivity (Wildman–Crippen MR) is 48.4 cm³/mol. The van der Waals surface area contributed by atoms with Crippen LogP contribution < -0.4 is 0 Å². The molecule has 0 saturated carbocycles. The molecule has 0 atom stereocenters. The Morgan fingerprint density at radius 3 is 3.07 bits per heavy atom. The summed E-state index contributed by atoms with van der Waals surface area (Å²) in [4.78, 5) is 23.1. The number of esters is 1. The monoisotopic (exact) mass is 197 g/mol. The molecular formula is C9H11NO4. The highest BCUT2D eigenvalue weighted by atomic mass is 16.6. The van der Waals surface area contributed by atoms with Gasteiger partial charge in [0.15, 0.2) is 0 Å². The highest BCUT2D eigenvalue weighted by molar-refractivity contribution is 5.83. The predicted octanol–water partition coefficient (Wildman–Crippen LogP) is 0.681. The molecular weight excluding hydrogens is 186 g/mol. The van der Waals surface area contributed by atoms with Gasteiger partial charge in [-0.2, -0.15) is 0 Å². The molecule has 0 aliphatic carbocycles.